The summed E-state index contributed by atoms with van der Waals surface area (Å²) in [7, 11) is 1.31. The molecule has 1 aromatic carbocycles. The number of hydrogen-bond donors (Lipinski definition) is 0. The molecule has 18 heavy (non-hydrogen) atoms. The Bertz CT molecular complexity index is 500. The SMILES string of the molecule is COC(=O)C12CC1(c1ccccc1)CCOC2=O. The van der Waals surface area contributed by atoms with Gasteiger partial charge >= 0.3 is 11.9 Å². The van der Waals surface area contributed by atoms with E-state index in [0.29, 0.717) is 19.4 Å². The van der Waals surface area contributed by atoms with Gasteiger partial charge in [0.25, 0.3) is 0 Å². The van der Waals surface area contributed by atoms with Gasteiger partial charge in [0.1, 0.15) is 0 Å². The Labute approximate surface area is 105 Å². The molecule has 2 aliphatic rings. The zero-order valence-electron chi connectivity index (χ0n) is 10.1. The van der Waals surface area contributed by atoms with E-state index in [1.807, 2.05) is 30.3 Å². The van der Waals surface area contributed by atoms with Crippen molar-refractivity contribution >= 4 is 11.9 Å². The Morgan fingerprint density at radius 1 is 1.33 bits per heavy atom. The van der Waals surface area contributed by atoms with Gasteiger partial charge in [-0.2, -0.15) is 0 Å². The van der Waals surface area contributed by atoms with E-state index < -0.39 is 22.8 Å². The molecular weight excluding hydrogens is 232 g/mol. The zero-order chi connectivity index (χ0) is 12.8. The maximum atomic E-state index is 12.0. The zero-order valence-corrected chi connectivity index (χ0v) is 10.1. The minimum atomic E-state index is -1.11. The predicted molar refractivity (Wildman–Crippen MR) is 62.8 cm³/mol. The van der Waals surface area contributed by atoms with Gasteiger partial charge < -0.3 is 9.47 Å². The van der Waals surface area contributed by atoms with Gasteiger partial charge in [0, 0.05) is 5.41 Å². The lowest BCUT2D eigenvalue weighted by molar-refractivity contribution is -0.168. The summed E-state index contributed by atoms with van der Waals surface area (Å²) in [6.45, 7) is 0.368. The monoisotopic (exact) mass is 246 g/mol. The van der Waals surface area contributed by atoms with Crippen LogP contribution < -0.4 is 0 Å². The molecule has 0 aromatic heterocycles. The molecule has 94 valence electrons. The molecule has 4 nitrogen and oxygen atoms in total. The van der Waals surface area contributed by atoms with Gasteiger partial charge in [0.05, 0.1) is 13.7 Å². The number of carbonyl (C=O) groups excluding carboxylic acids is 2. The Kier molecular flexibility index (Phi) is 2.24. The van der Waals surface area contributed by atoms with Crippen molar-refractivity contribution in [2.75, 3.05) is 13.7 Å². The highest BCUT2D eigenvalue weighted by Gasteiger charge is 2.80. The van der Waals surface area contributed by atoms with E-state index in [-0.39, 0.29) is 0 Å². The standard InChI is InChI=1S/C14H14O4/c1-17-11(15)14-9-13(14,7-8-18-12(14)16)10-5-3-2-4-6-10/h2-6H,7-9H2,1H3. The molecule has 2 fully saturated rings. The number of ether oxygens (including phenoxy) is 2. The number of esters is 2. The average Bonchev–Trinajstić information content (AvgIpc) is 3.12. The first kappa shape index (κ1) is 11.3. The second kappa shape index (κ2) is 3.57. The van der Waals surface area contributed by atoms with E-state index in [0.717, 1.165) is 5.56 Å². The minimum absolute atomic E-state index is 0.368. The second-order valence-electron chi connectivity index (χ2n) is 4.91. The van der Waals surface area contributed by atoms with Crippen molar-refractivity contribution in [3.8, 4) is 0 Å². The number of hydrogen-bond acceptors (Lipinski definition) is 4. The molecule has 2 atom stereocenters. The van der Waals surface area contributed by atoms with Crippen molar-refractivity contribution in [1.29, 1.82) is 0 Å². The van der Waals surface area contributed by atoms with Crippen molar-refractivity contribution in [3.05, 3.63) is 35.9 Å². The molecule has 1 saturated heterocycles. The first-order chi connectivity index (χ1) is 8.67. The van der Waals surface area contributed by atoms with E-state index in [1.54, 1.807) is 0 Å². The average molecular weight is 246 g/mol. The van der Waals surface area contributed by atoms with Crippen molar-refractivity contribution in [2.45, 2.75) is 18.3 Å². The van der Waals surface area contributed by atoms with Crippen molar-refractivity contribution in [1.82, 2.24) is 0 Å². The predicted octanol–water partition coefficient (Wildman–Crippen LogP) is 1.43. The third-order valence-electron chi connectivity index (χ3n) is 4.23. The van der Waals surface area contributed by atoms with Crippen LogP contribution in [0.5, 0.6) is 0 Å². The lowest BCUT2D eigenvalue weighted by atomic mass is 9.82. The summed E-state index contributed by atoms with van der Waals surface area (Å²) in [6.07, 6.45) is 1.17. The van der Waals surface area contributed by atoms with E-state index in [2.05, 4.69) is 0 Å². The molecule has 0 amide bonds. The lowest BCUT2D eigenvalue weighted by Gasteiger charge is -2.27. The third kappa shape index (κ3) is 1.15. The van der Waals surface area contributed by atoms with Gasteiger partial charge in [-0.25, -0.2) is 0 Å². The molecule has 0 radical (unpaired) electrons. The van der Waals surface area contributed by atoms with Gasteiger partial charge in [-0.1, -0.05) is 30.3 Å². The maximum absolute atomic E-state index is 12.0. The molecule has 0 bridgehead atoms. The number of cyclic esters (lactones) is 1. The highest BCUT2D eigenvalue weighted by molar-refractivity contribution is 6.07. The fourth-order valence-electron chi connectivity index (χ4n) is 3.19. The highest BCUT2D eigenvalue weighted by Crippen LogP contribution is 2.69. The number of rotatable bonds is 2. The summed E-state index contributed by atoms with van der Waals surface area (Å²) in [5.74, 6) is -0.916. The molecule has 3 rings (SSSR count). The van der Waals surface area contributed by atoms with Crippen LogP contribution in [0.1, 0.15) is 18.4 Å². The summed E-state index contributed by atoms with van der Waals surface area (Å²) >= 11 is 0. The van der Waals surface area contributed by atoms with Crippen LogP contribution in [0.2, 0.25) is 0 Å². The third-order valence-corrected chi connectivity index (χ3v) is 4.23. The summed E-state index contributed by atoms with van der Waals surface area (Å²) in [6, 6.07) is 9.69. The quantitative estimate of drug-likeness (QED) is 0.585. The van der Waals surface area contributed by atoms with Gasteiger partial charge in [-0.3, -0.25) is 9.59 Å². The van der Waals surface area contributed by atoms with Crippen LogP contribution in [0.15, 0.2) is 30.3 Å². The number of carbonyl (C=O) groups is 2. The van der Waals surface area contributed by atoms with Crippen LogP contribution in [0.25, 0.3) is 0 Å². The van der Waals surface area contributed by atoms with Crippen LogP contribution in [-0.4, -0.2) is 25.7 Å². The van der Waals surface area contributed by atoms with E-state index in [9.17, 15) is 9.59 Å². The molecule has 1 saturated carbocycles. The molecule has 1 aromatic rings. The number of methoxy groups -OCH3 is 1. The number of fused-ring (bicyclic) bond motifs is 1. The topological polar surface area (TPSA) is 52.6 Å². The maximum Gasteiger partial charge on any atom is 0.324 e. The minimum Gasteiger partial charge on any atom is -0.468 e. The Morgan fingerprint density at radius 2 is 2.06 bits per heavy atom. The highest BCUT2D eigenvalue weighted by atomic mass is 16.6. The van der Waals surface area contributed by atoms with Gasteiger partial charge in [0.15, 0.2) is 5.41 Å². The molecule has 0 spiro atoms. The van der Waals surface area contributed by atoms with Crippen LogP contribution in [0.3, 0.4) is 0 Å². The number of benzene rings is 1. The summed E-state index contributed by atoms with van der Waals surface area (Å²) in [4.78, 5) is 24.0. The summed E-state index contributed by atoms with van der Waals surface area (Å²) in [5.41, 5.74) is -0.509. The van der Waals surface area contributed by atoms with Crippen molar-refractivity contribution in [3.63, 3.8) is 0 Å². The van der Waals surface area contributed by atoms with E-state index in [4.69, 9.17) is 9.47 Å². The first-order valence-corrected chi connectivity index (χ1v) is 5.98. The van der Waals surface area contributed by atoms with Crippen LogP contribution >= 0.6 is 0 Å². The van der Waals surface area contributed by atoms with E-state index >= 15 is 0 Å². The molecular formula is C14H14O4. The van der Waals surface area contributed by atoms with Crippen molar-refractivity contribution < 1.29 is 19.1 Å². The molecule has 1 aliphatic heterocycles. The Hall–Kier alpha value is -1.84. The normalized spacial score (nSPS) is 33.3. The smallest absolute Gasteiger partial charge is 0.324 e. The second-order valence-corrected chi connectivity index (χ2v) is 4.91. The molecule has 2 unspecified atom stereocenters. The van der Waals surface area contributed by atoms with Crippen LogP contribution in [-0.2, 0) is 24.5 Å². The summed E-state index contributed by atoms with van der Waals surface area (Å²) in [5, 5.41) is 0. The van der Waals surface area contributed by atoms with Gasteiger partial charge in [-0.05, 0) is 18.4 Å². The van der Waals surface area contributed by atoms with E-state index in [1.165, 1.54) is 7.11 Å². The fraction of sp³-hybridized carbons (Fsp3) is 0.429. The molecule has 1 heterocycles. The van der Waals surface area contributed by atoms with Gasteiger partial charge in [0.2, 0.25) is 0 Å². The van der Waals surface area contributed by atoms with Gasteiger partial charge in [-0.15, -0.1) is 0 Å². The largest absolute Gasteiger partial charge is 0.468 e. The Morgan fingerprint density at radius 3 is 2.72 bits per heavy atom. The van der Waals surface area contributed by atoms with Crippen LogP contribution in [0, 0.1) is 5.41 Å². The molecule has 4 heteroatoms. The molecule has 1 aliphatic carbocycles. The van der Waals surface area contributed by atoms with Crippen LogP contribution in [0.4, 0.5) is 0 Å². The fourth-order valence-corrected chi connectivity index (χ4v) is 3.19. The summed E-state index contributed by atoms with van der Waals surface area (Å²) < 4.78 is 9.88. The first-order valence-electron chi connectivity index (χ1n) is 5.98. The Balaban J connectivity index is 2.08. The molecule has 0 N–H and O–H groups in total. The lowest BCUT2D eigenvalue weighted by Crippen LogP contribution is -2.41. The van der Waals surface area contributed by atoms with Crippen molar-refractivity contribution in [2.24, 2.45) is 5.41 Å².